The van der Waals surface area contributed by atoms with Crippen LogP contribution in [0.3, 0.4) is 0 Å². The summed E-state index contributed by atoms with van der Waals surface area (Å²) >= 11 is 0. The first-order valence-electron chi connectivity index (χ1n) is 8.16. The van der Waals surface area contributed by atoms with Gasteiger partial charge in [0.05, 0.1) is 13.7 Å². The van der Waals surface area contributed by atoms with E-state index in [0.29, 0.717) is 29.8 Å². The Hall–Kier alpha value is -2.91. The number of aliphatic imine (C=N–C) groups is 1. The van der Waals surface area contributed by atoms with Gasteiger partial charge in [-0.1, -0.05) is 0 Å². The topological polar surface area (TPSA) is 72.7 Å². The van der Waals surface area contributed by atoms with Crippen molar-refractivity contribution in [2.24, 2.45) is 12.0 Å². The fraction of sp³-hybridized carbons (Fsp3) is 0.412. The molecule has 10 heteroatoms. The van der Waals surface area contributed by atoms with Crippen molar-refractivity contribution in [2.75, 3.05) is 26.1 Å². The number of hydrogen-bond acceptors (Lipinski definition) is 4. The van der Waals surface area contributed by atoms with E-state index in [1.54, 1.807) is 18.2 Å². The van der Waals surface area contributed by atoms with Crippen LogP contribution < -0.4 is 20.1 Å². The van der Waals surface area contributed by atoms with Gasteiger partial charge in [-0.25, -0.2) is 0 Å². The van der Waals surface area contributed by atoms with Crippen LogP contribution in [0, 0.1) is 0 Å². The number of halogens is 3. The Kier molecular flexibility index (Phi) is 6.54. The van der Waals surface area contributed by atoms with Crippen molar-refractivity contribution in [2.45, 2.75) is 19.6 Å². The molecule has 27 heavy (non-hydrogen) atoms. The molecule has 0 spiro atoms. The van der Waals surface area contributed by atoms with Gasteiger partial charge >= 0.3 is 6.18 Å². The van der Waals surface area contributed by atoms with Crippen LogP contribution in [0.25, 0.3) is 0 Å². The fourth-order valence-electron chi connectivity index (χ4n) is 2.42. The van der Waals surface area contributed by atoms with Crippen LogP contribution in [-0.2, 0) is 19.8 Å². The van der Waals surface area contributed by atoms with Crippen LogP contribution in [-0.4, -0.2) is 36.5 Å². The number of nitrogens with one attached hydrogen (secondary N) is 2. The van der Waals surface area contributed by atoms with E-state index in [4.69, 9.17) is 9.47 Å². The third-order valence-electron chi connectivity index (χ3n) is 3.57. The number of guanidine groups is 1. The Morgan fingerprint density at radius 2 is 2.04 bits per heavy atom. The number of anilines is 1. The summed E-state index contributed by atoms with van der Waals surface area (Å²) in [6, 6.07) is 5.20. The van der Waals surface area contributed by atoms with Crippen molar-refractivity contribution in [3.63, 3.8) is 0 Å². The Morgan fingerprint density at radius 3 is 2.63 bits per heavy atom. The second-order valence-electron chi connectivity index (χ2n) is 5.52. The zero-order valence-electron chi connectivity index (χ0n) is 15.5. The molecule has 7 nitrogen and oxygen atoms in total. The quantitative estimate of drug-likeness (QED) is 0.591. The SMILES string of the molecule is CCOc1cc(NC(=NC)NCc2cn(C)nc2C(F)(F)F)ccc1OC. The highest BCUT2D eigenvalue weighted by atomic mass is 19.4. The Bertz CT molecular complexity index is 802. The maximum absolute atomic E-state index is 13.0. The number of nitrogens with zero attached hydrogens (tertiary/aromatic N) is 3. The first kappa shape index (κ1) is 20.4. The molecule has 0 aliphatic carbocycles. The number of rotatable bonds is 6. The van der Waals surface area contributed by atoms with Gasteiger partial charge in [-0.15, -0.1) is 0 Å². The summed E-state index contributed by atoms with van der Waals surface area (Å²) in [5.74, 6) is 1.43. The van der Waals surface area contributed by atoms with Gasteiger partial charge in [0, 0.05) is 44.2 Å². The molecule has 2 aromatic rings. The maximum atomic E-state index is 13.0. The highest BCUT2D eigenvalue weighted by Gasteiger charge is 2.36. The van der Waals surface area contributed by atoms with Crippen LogP contribution in [0.4, 0.5) is 18.9 Å². The van der Waals surface area contributed by atoms with Crippen LogP contribution in [0.15, 0.2) is 29.4 Å². The molecule has 0 unspecified atom stereocenters. The number of aryl methyl sites for hydroxylation is 1. The van der Waals surface area contributed by atoms with Crippen LogP contribution >= 0.6 is 0 Å². The lowest BCUT2D eigenvalue weighted by Crippen LogP contribution is -2.30. The van der Waals surface area contributed by atoms with Crippen molar-refractivity contribution in [3.8, 4) is 11.5 Å². The van der Waals surface area contributed by atoms with Crippen LogP contribution in [0.2, 0.25) is 0 Å². The molecule has 0 radical (unpaired) electrons. The van der Waals surface area contributed by atoms with Crippen LogP contribution in [0.1, 0.15) is 18.2 Å². The molecule has 2 N–H and O–H groups in total. The van der Waals surface area contributed by atoms with Crippen molar-refractivity contribution >= 4 is 11.6 Å². The standard InChI is InChI=1S/C17H22F3N5O2/c1-5-27-14-8-12(6-7-13(14)26-4)23-16(21-2)22-9-11-10-25(3)24-15(11)17(18,19)20/h6-8,10H,5,9H2,1-4H3,(H2,21,22,23). The molecule has 148 valence electrons. The number of methoxy groups -OCH3 is 1. The second-order valence-corrected chi connectivity index (χ2v) is 5.52. The Balaban J connectivity index is 2.10. The molecule has 1 heterocycles. The molecule has 0 bridgehead atoms. The molecule has 1 aromatic carbocycles. The molecule has 0 aliphatic rings. The molecule has 0 saturated heterocycles. The van der Waals surface area contributed by atoms with Gasteiger partial charge in [-0.05, 0) is 19.1 Å². The summed E-state index contributed by atoms with van der Waals surface area (Å²) in [5.41, 5.74) is -0.247. The highest BCUT2D eigenvalue weighted by Crippen LogP contribution is 2.31. The lowest BCUT2D eigenvalue weighted by molar-refractivity contribution is -0.142. The summed E-state index contributed by atoms with van der Waals surface area (Å²) in [6.07, 6.45) is -3.19. The van der Waals surface area contributed by atoms with E-state index in [1.165, 1.54) is 27.4 Å². The lowest BCUT2D eigenvalue weighted by atomic mass is 10.2. The van der Waals surface area contributed by atoms with E-state index in [9.17, 15) is 13.2 Å². The number of benzene rings is 1. The van der Waals surface area contributed by atoms with Gasteiger partial charge in [0.1, 0.15) is 0 Å². The molecular formula is C17H22F3N5O2. The van der Waals surface area contributed by atoms with Gasteiger partial charge in [0.25, 0.3) is 0 Å². The number of hydrogen-bond donors (Lipinski definition) is 2. The molecule has 1 aromatic heterocycles. The molecule has 2 rings (SSSR count). The highest BCUT2D eigenvalue weighted by molar-refractivity contribution is 5.93. The first-order valence-corrected chi connectivity index (χ1v) is 8.16. The largest absolute Gasteiger partial charge is 0.493 e. The first-order chi connectivity index (χ1) is 12.8. The second kappa shape index (κ2) is 8.65. The van der Waals surface area contributed by atoms with E-state index in [-0.39, 0.29) is 12.1 Å². The van der Waals surface area contributed by atoms with Gasteiger partial charge < -0.3 is 20.1 Å². The van der Waals surface area contributed by atoms with Gasteiger partial charge in [0.2, 0.25) is 0 Å². The van der Waals surface area contributed by atoms with Crippen LogP contribution in [0.5, 0.6) is 11.5 Å². The fourth-order valence-corrected chi connectivity index (χ4v) is 2.42. The van der Waals surface area contributed by atoms with Crippen molar-refractivity contribution in [1.29, 1.82) is 0 Å². The molecule has 0 fully saturated rings. The number of aromatic nitrogens is 2. The average Bonchev–Trinajstić information content (AvgIpc) is 3.00. The molecular weight excluding hydrogens is 363 g/mol. The zero-order chi connectivity index (χ0) is 20.0. The van der Waals surface area contributed by atoms with Gasteiger partial charge in [-0.3, -0.25) is 9.67 Å². The summed E-state index contributed by atoms with van der Waals surface area (Å²) in [7, 11) is 4.51. The normalized spacial score (nSPS) is 12.0. The van der Waals surface area contributed by atoms with E-state index in [0.717, 1.165) is 4.68 Å². The summed E-state index contributed by atoms with van der Waals surface area (Å²) in [6.45, 7) is 2.23. The maximum Gasteiger partial charge on any atom is 0.435 e. The van der Waals surface area contributed by atoms with Crippen molar-refractivity contribution < 1.29 is 22.6 Å². The molecule has 0 amide bonds. The monoisotopic (exact) mass is 385 g/mol. The third kappa shape index (κ3) is 5.28. The van der Waals surface area contributed by atoms with Gasteiger partial charge in [-0.2, -0.15) is 18.3 Å². The van der Waals surface area contributed by atoms with Crippen molar-refractivity contribution in [1.82, 2.24) is 15.1 Å². The van der Waals surface area contributed by atoms with E-state index < -0.39 is 11.9 Å². The number of ether oxygens (including phenoxy) is 2. The Morgan fingerprint density at radius 1 is 1.30 bits per heavy atom. The third-order valence-corrected chi connectivity index (χ3v) is 3.57. The predicted molar refractivity (Wildman–Crippen MR) is 96.2 cm³/mol. The molecule has 0 aliphatic heterocycles. The molecule has 0 atom stereocenters. The predicted octanol–water partition coefficient (Wildman–Crippen LogP) is 3.03. The minimum atomic E-state index is -4.52. The minimum Gasteiger partial charge on any atom is -0.493 e. The zero-order valence-corrected chi connectivity index (χ0v) is 15.5. The summed E-state index contributed by atoms with van der Waals surface area (Å²) < 4.78 is 50.9. The van der Waals surface area contributed by atoms with E-state index in [1.807, 2.05) is 6.92 Å². The van der Waals surface area contributed by atoms with Gasteiger partial charge in [0.15, 0.2) is 23.2 Å². The van der Waals surface area contributed by atoms with E-state index >= 15 is 0 Å². The minimum absolute atomic E-state index is 0.0256. The lowest BCUT2D eigenvalue weighted by Gasteiger charge is -2.15. The van der Waals surface area contributed by atoms with E-state index in [2.05, 4.69) is 20.7 Å². The average molecular weight is 385 g/mol. The van der Waals surface area contributed by atoms with Crippen molar-refractivity contribution in [3.05, 3.63) is 35.7 Å². The smallest absolute Gasteiger partial charge is 0.435 e. The number of alkyl halides is 3. The molecule has 0 saturated carbocycles. The Labute approximate surface area is 155 Å². The summed E-state index contributed by atoms with van der Waals surface area (Å²) in [5, 5.41) is 9.34. The summed E-state index contributed by atoms with van der Waals surface area (Å²) in [4.78, 5) is 4.03.